The van der Waals surface area contributed by atoms with E-state index in [0.717, 1.165) is 35.4 Å². The van der Waals surface area contributed by atoms with Crippen LogP contribution in [0.25, 0.3) is 0 Å². The molecule has 0 aromatic heterocycles. The van der Waals surface area contributed by atoms with Crippen molar-refractivity contribution >= 4 is 28.6 Å². The van der Waals surface area contributed by atoms with Crippen molar-refractivity contribution in [1.29, 1.82) is 0 Å². The maximum absolute atomic E-state index is 5.80. The van der Waals surface area contributed by atoms with Crippen molar-refractivity contribution in [3.63, 3.8) is 0 Å². The van der Waals surface area contributed by atoms with Crippen molar-refractivity contribution in [2.24, 2.45) is 0 Å². The maximum atomic E-state index is 5.80. The topological polar surface area (TPSA) is 9.23 Å². The van der Waals surface area contributed by atoms with Crippen LogP contribution in [-0.4, -0.2) is 12.4 Å². The van der Waals surface area contributed by atoms with Gasteiger partial charge in [-0.05, 0) is 48.3 Å². The molecule has 0 aliphatic carbocycles. The third kappa shape index (κ3) is 4.38. The molecule has 1 rings (SSSR count). The third-order valence-corrected chi connectivity index (χ3v) is 3.21. The molecule has 0 aliphatic heterocycles. The molecule has 0 radical (unpaired) electrons. The standard InChI is InChI=1S/C13H19BrOS/c1-10(2)12-9-11(14)5-6-13(12)15-7-3-4-8-16/h5-6,9-10,16H,3-4,7-8H2,1-2H3. The van der Waals surface area contributed by atoms with Crippen LogP contribution in [0.2, 0.25) is 0 Å². The normalized spacial score (nSPS) is 10.8. The van der Waals surface area contributed by atoms with Crippen LogP contribution in [0.15, 0.2) is 22.7 Å². The van der Waals surface area contributed by atoms with Crippen LogP contribution in [0, 0.1) is 0 Å². The first-order chi connectivity index (χ1) is 7.65. The number of halogens is 1. The van der Waals surface area contributed by atoms with Crippen molar-refractivity contribution in [3.05, 3.63) is 28.2 Å². The average molecular weight is 303 g/mol. The molecule has 0 atom stereocenters. The van der Waals surface area contributed by atoms with E-state index in [1.54, 1.807) is 0 Å². The van der Waals surface area contributed by atoms with E-state index in [-0.39, 0.29) is 0 Å². The number of rotatable bonds is 6. The molecular formula is C13H19BrOS. The van der Waals surface area contributed by atoms with Gasteiger partial charge in [0.15, 0.2) is 0 Å². The van der Waals surface area contributed by atoms with Crippen molar-refractivity contribution in [2.75, 3.05) is 12.4 Å². The van der Waals surface area contributed by atoms with Crippen molar-refractivity contribution in [2.45, 2.75) is 32.6 Å². The molecule has 1 nitrogen and oxygen atoms in total. The fourth-order valence-electron chi connectivity index (χ4n) is 1.50. The van der Waals surface area contributed by atoms with Crippen LogP contribution in [0.3, 0.4) is 0 Å². The van der Waals surface area contributed by atoms with Gasteiger partial charge in [0.25, 0.3) is 0 Å². The lowest BCUT2D eigenvalue weighted by Crippen LogP contribution is -2.01. The van der Waals surface area contributed by atoms with Crippen LogP contribution in [-0.2, 0) is 0 Å². The van der Waals surface area contributed by atoms with E-state index in [1.165, 1.54) is 5.56 Å². The van der Waals surface area contributed by atoms with Gasteiger partial charge in [0.1, 0.15) is 5.75 Å². The molecule has 0 spiro atoms. The minimum Gasteiger partial charge on any atom is -0.493 e. The van der Waals surface area contributed by atoms with Crippen LogP contribution in [0.4, 0.5) is 0 Å². The van der Waals surface area contributed by atoms with Gasteiger partial charge >= 0.3 is 0 Å². The predicted molar refractivity (Wildman–Crippen MR) is 76.8 cm³/mol. The first-order valence-corrected chi connectivity index (χ1v) is 7.10. The fourth-order valence-corrected chi connectivity index (χ4v) is 2.10. The van der Waals surface area contributed by atoms with E-state index >= 15 is 0 Å². The summed E-state index contributed by atoms with van der Waals surface area (Å²) in [4.78, 5) is 0. The number of thiol groups is 1. The van der Waals surface area contributed by atoms with Crippen LogP contribution < -0.4 is 4.74 Å². The number of hydrogen-bond acceptors (Lipinski definition) is 2. The Morgan fingerprint density at radius 2 is 2.06 bits per heavy atom. The highest BCUT2D eigenvalue weighted by molar-refractivity contribution is 9.10. The zero-order valence-corrected chi connectivity index (χ0v) is 12.4. The van der Waals surface area contributed by atoms with Gasteiger partial charge in [0.2, 0.25) is 0 Å². The number of hydrogen-bond donors (Lipinski definition) is 1. The molecule has 3 heteroatoms. The summed E-state index contributed by atoms with van der Waals surface area (Å²) in [6, 6.07) is 6.21. The SMILES string of the molecule is CC(C)c1cc(Br)ccc1OCCCCS. The number of unbranched alkanes of at least 4 members (excludes halogenated alkanes) is 1. The van der Waals surface area contributed by atoms with Gasteiger partial charge in [-0.25, -0.2) is 0 Å². The molecule has 0 fully saturated rings. The summed E-state index contributed by atoms with van der Waals surface area (Å²) in [6.45, 7) is 5.15. The third-order valence-electron chi connectivity index (χ3n) is 2.40. The highest BCUT2D eigenvalue weighted by Crippen LogP contribution is 2.29. The minimum atomic E-state index is 0.484. The molecule has 0 heterocycles. The van der Waals surface area contributed by atoms with E-state index in [4.69, 9.17) is 4.74 Å². The molecule has 16 heavy (non-hydrogen) atoms. The number of ether oxygens (including phenoxy) is 1. The summed E-state index contributed by atoms with van der Waals surface area (Å²) < 4.78 is 6.91. The molecule has 90 valence electrons. The summed E-state index contributed by atoms with van der Waals surface area (Å²) >= 11 is 7.68. The van der Waals surface area contributed by atoms with Gasteiger partial charge in [-0.2, -0.15) is 12.6 Å². The van der Waals surface area contributed by atoms with Gasteiger partial charge in [0.05, 0.1) is 6.61 Å². The smallest absolute Gasteiger partial charge is 0.122 e. The first kappa shape index (κ1) is 13.9. The van der Waals surface area contributed by atoms with Crippen molar-refractivity contribution in [3.8, 4) is 5.75 Å². The molecular weight excluding hydrogens is 284 g/mol. The lowest BCUT2D eigenvalue weighted by molar-refractivity contribution is 0.305. The highest BCUT2D eigenvalue weighted by Gasteiger charge is 2.08. The Balaban J connectivity index is 2.64. The summed E-state index contributed by atoms with van der Waals surface area (Å²) in [6.07, 6.45) is 2.17. The minimum absolute atomic E-state index is 0.484. The molecule has 0 bridgehead atoms. The van der Waals surface area contributed by atoms with Crippen LogP contribution in [0.1, 0.15) is 38.2 Å². The molecule has 0 N–H and O–H groups in total. The van der Waals surface area contributed by atoms with Crippen molar-refractivity contribution in [1.82, 2.24) is 0 Å². The predicted octanol–water partition coefficient (Wildman–Crippen LogP) is 4.66. The Labute approximate surface area is 112 Å². The Hall–Kier alpha value is -0.150. The molecule has 0 amide bonds. The van der Waals surface area contributed by atoms with Gasteiger partial charge in [-0.3, -0.25) is 0 Å². The van der Waals surface area contributed by atoms with Crippen LogP contribution in [0.5, 0.6) is 5.75 Å². The second-order valence-corrected chi connectivity index (χ2v) is 5.48. The van der Waals surface area contributed by atoms with E-state index < -0.39 is 0 Å². The van der Waals surface area contributed by atoms with E-state index in [0.29, 0.717) is 5.92 Å². The summed E-state index contributed by atoms with van der Waals surface area (Å²) in [5.41, 5.74) is 1.26. The highest BCUT2D eigenvalue weighted by atomic mass is 79.9. The Morgan fingerprint density at radius 3 is 2.69 bits per heavy atom. The van der Waals surface area contributed by atoms with Gasteiger partial charge < -0.3 is 4.74 Å². The molecule has 0 saturated heterocycles. The summed E-state index contributed by atoms with van der Waals surface area (Å²) in [7, 11) is 0. The number of benzene rings is 1. The Kier molecular flexibility index (Phi) is 6.29. The quantitative estimate of drug-likeness (QED) is 0.594. The second-order valence-electron chi connectivity index (χ2n) is 4.12. The monoisotopic (exact) mass is 302 g/mol. The van der Waals surface area contributed by atoms with Crippen molar-refractivity contribution < 1.29 is 4.74 Å². The summed E-state index contributed by atoms with van der Waals surface area (Å²) in [5, 5.41) is 0. The van der Waals surface area contributed by atoms with E-state index in [1.807, 2.05) is 12.1 Å². The zero-order valence-electron chi connectivity index (χ0n) is 9.87. The van der Waals surface area contributed by atoms with Gasteiger partial charge in [-0.15, -0.1) is 0 Å². The largest absolute Gasteiger partial charge is 0.493 e. The van der Waals surface area contributed by atoms with Crippen LogP contribution >= 0.6 is 28.6 Å². The molecule has 0 saturated carbocycles. The van der Waals surface area contributed by atoms with E-state index in [2.05, 4.69) is 48.5 Å². The lowest BCUT2D eigenvalue weighted by Gasteiger charge is -2.14. The average Bonchev–Trinajstić information content (AvgIpc) is 2.26. The van der Waals surface area contributed by atoms with Gasteiger partial charge in [-0.1, -0.05) is 29.8 Å². The second kappa shape index (κ2) is 7.23. The maximum Gasteiger partial charge on any atom is 0.122 e. The Morgan fingerprint density at radius 1 is 1.31 bits per heavy atom. The summed E-state index contributed by atoms with van der Waals surface area (Å²) in [5.74, 6) is 2.43. The van der Waals surface area contributed by atoms with E-state index in [9.17, 15) is 0 Å². The zero-order chi connectivity index (χ0) is 12.0. The first-order valence-electron chi connectivity index (χ1n) is 5.68. The fraction of sp³-hybridized carbons (Fsp3) is 0.538. The molecule has 1 aromatic rings. The Bertz CT molecular complexity index is 326. The molecule has 0 aliphatic rings. The molecule has 0 unspecified atom stereocenters. The molecule has 1 aromatic carbocycles. The van der Waals surface area contributed by atoms with Gasteiger partial charge in [0, 0.05) is 4.47 Å². The lowest BCUT2D eigenvalue weighted by atomic mass is 10.0.